The first-order valence-electron chi connectivity index (χ1n) is 10.4. The topological polar surface area (TPSA) is 86.7 Å². The van der Waals surface area contributed by atoms with E-state index in [2.05, 4.69) is 10.3 Å². The first-order valence-corrected chi connectivity index (χ1v) is 10.4. The number of para-hydroxylation sites is 1. The molecule has 0 aliphatic carbocycles. The molecule has 0 aliphatic heterocycles. The molecule has 4 rings (SSSR count). The molecule has 0 saturated heterocycles. The van der Waals surface area contributed by atoms with Gasteiger partial charge in [0.1, 0.15) is 5.75 Å². The van der Waals surface area contributed by atoms with Gasteiger partial charge in [0.05, 0.1) is 25.8 Å². The van der Waals surface area contributed by atoms with E-state index in [9.17, 15) is 10.2 Å². The number of benzene rings is 3. The molecule has 6 nitrogen and oxygen atoms in total. The SMILES string of the molecule is COc1ccc(CCNCC(O)Cc2ccc(O)c3c2[nH]c2ccccc23)cc1OC. The average Bonchev–Trinajstić information content (AvgIpc) is 3.19. The third-order valence-electron chi connectivity index (χ3n) is 5.60. The van der Waals surface area contributed by atoms with Crippen LogP contribution >= 0.6 is 0 Å². The van der Waals surface area contributed by atoms with E-state index in [0.29, 0.717) is 18.7 Å². The number of ether oxygens (including phenoxy) is 2. The maximum absolute atomic E-state index is 10.6. The third kappa shape index (κ3) is 4.45. The molecule has 0 bridgehead atoms. The molecule has 31 heavy (non-hydrogen) atoms. The van der Waals surface area contributed by atoms with Gasteiger partial charge in [-0.3, -0.25) is 0 Å². The zero-order valence-electron chi connectivity index (χ0n) is 17.8. The number of hydrogen-bond acceptors (Lipinski definition) is 5. The smallest absolute Gasteiger partial charge is 0.160 e. The minimum atomic E-state index is -0.537. The highest BCUT2D eigenvalue weighted by atomic mass is 16.5. The van der Waals surface area contributed by atoms with E-state index in [1.54, 1.807) is 20.3 Å². The number of phenolic OH excluding ortho intramolecular Hbond substituents is 1. The number of aromatic nitrogens is 1. The van der Waals surface area contributed by atoms with E-state index in [4.69, 9.17) is 9.47 Å². The summed E-state index contributed by atoms with van der Waals surface area (Å²) in [5.41, 5.74) is 3.98. The Hall–Kier alpha value is -3.22. The number of phenols is 1. The molecule has 1 atom stereocenters. The summed E-state index contributed by atoms with van der Waals surface area (Å²) in [5.74, 6) is 1.68. The Morgan fingerprint density at radius 3 is 2.61 bits per heavy atom. The second-order valence-corrected chi connectivity index (χ2v) is 7.67. The number of aliphatic hydroxyl groups is 1. The van der Waals surface area contributed by atoms with Crippen molar-refractivity contribution >= 4 is 21.8 Å². The van der Waals surface area contributed by atoms with Crippen LogP contribution in [0, 0.1) is 0 Å². The van der Waals surface area contributed by atoms with E-state index in [0.717, 1.165) is 51.6 Å². The molecule has 1 aromatic heterocycles. The van der Waals surface area contributed by atoms with Crippen molar-refractivity contribution in [3.63, 3.8) is 0 Å². The summed E-state index contributed by atoms with van der Waals surface area (Å²) in [4.78, 5) is 3.39. The molecule has 0 amide bonds. The lowest BCUT2D eigenvalue weighted by Crippen LogP contribution is -2.30. The average molecular weight is 421 g/mol. The fourth-order valence-electron chi connectivity index (χ4n) is 4.03. The van der Waals surface area contributed by atoms with Gasteiger partial charge < -0.3 is 30.0 Å². The Kier molecular flexibility index (Phi) is 6.30. The van der Waals surface area contributed by atoms with Crippen LogP contribution < -0.4 is 14.8 Å². The highest BCUT2D eigenvalue weighted by molar-refractivity contribution is 6.11. The number of nitrogens with one attached hydrogen (secondary N) is 2. The van der Waals surface area contributed by atoms with Gasteiger partial charge in [-0.15, -0.1) is 0 Å². The van der Waals surface area contributed by atoms with Crippen LogP contribution in [0.3, 0.4) is 0 Å². The van der Waals surface area contributed by atoms with E-state index >= 15 is 0 Å². The Balaban J connectivity index is 1.37. The zero-order valence-corrected chi connectivity index (χ0v) is 17.8. The number of aromatic hydroxyl groups is 1. The van der Waals surface area contributed by atoms with Crippen molar-refractivity contribution in [1.82, 2.24) is 10.3 Å². The van der Waals surface area contributed by atoms with Gasteiger partial charge >= 0.3 is 0 Å². The summed E-state index contributed by atoms with van der Waals surface area (Å²) in [6.45, 7) is 1.22. The molecule has 1 unspecified atom stereocenters. The van der Waals surface area contributed by atoms with Gasteiger partial charge in [-0.25, -0.2) is 0 Å². The number of rotatable bonds is 9. The van der Waals surface area contributed by atoms with E-state index < -0.39 is 6.10 Å². The first kappa shape index (κ1) is 21.0. The fraction of sp³-hybridized carbons (Fsp3) is 0.280. The molecule has 0 aliphatic rings. The Morgan fingerprint density at radius 1 is 1.00 bits per heavy atom. The Bertz CT molecular complexity index is 1190. The summed E-state index contributed by atoms with van der Waals surface area (Å²) in [5, 5.41) is 26.1. The predicted octanol–water partition coefficient (Wildman–Crippen LogP) is 3.78. The molecule has 0 radical (unpaired) electrons. The molecule has 0 saturated carbocycles. The van der Waals surface area contributed by atoms with Gasteiger partial charge in [-0.2, -0.15) is 0 Å². The van der Waals surface area contributed by atoms with Crippen molar-refractivity contribution in [2.24, 2.45) is 0 Å². The van der Waals surface area contributed by atoms with Crippen LogP contribution in [0.15, 0.2) is 54.6 Å². The second-order valence-electron chi connectivity index (χ2n) is 7.67. The van der Waals surface area contributed by atoms with E-state index in [-0.39, 0.29) is 5.75 Å². The van der Waals surface area contributed by atoms with Gasteiger partial charge in [0.2, 0.25) is 0 Å². The van der Waals surface area contributed by atoms with Crippen molar-refractivity contribution < 1.29 is 19.7 Å². The van der Waals surface area contributed by atoms with Crippen LogP contribution in [-0.4, -0.2) is 48.6 Å². The molecular weight excluding hydrogens is 392 g/mol. The fourth-order valence-corrected chi connectivity index (χ4v) is 4.03. The minimum absolute atomic E-state index is 0.249. The molecule has 162 valence electrons. The van der Waals surface area contributed by atoms with Gasteiger partial charge in [0.15, 0.2) is 11.5 Å². The zero-order chi connectivity index (χ0) is 21.8. The summed E-state index contributed by atoms with van der Waals surface area (Å²) in [6, 6.07) is 17.4. The standard InChI is InChI=1S/C25H28N2O4/c1-30-22-10-7-16(13-23(22)31-2)11-12-26-15-18(28)14-17-8-9-21(29)24-19-5-3-4-6-20(19)27-25(17)24/h3-10,13,18,26-29H,11-12,14-15H2,1-2H3. The van der Waals surface area contributed by atoms with Crippen LogP contribution in [-0.2, 0) is 12.8 Å². The van der Waals surface area contributed by atoms with Crippen LogP contribution in [0.4, 0.5) is 0 Å². The summed E-state index contributed by atoms with van der Waals surface area (Å²) in [7, 11) is 3.25. The maximum Gasteiger partial charge on any atom is 0.160 e. The summed E-state index contributed by atoms with van der Waals surface area (Å²) >= 11 is 0. The maximum atomic E-state index is 10.6. The van der Waals surface area contributed by atoms with Crippen LogP contribution in [0.2, 0.25) is 0 Å². The molecule has 4 N–H and O–H groups in total. The van der Waals surface area contributed by atoms with E-state index in [1.165, 1.54) is 0 Å². The number of methoxy groups -OCH3 is 2. The lowest BCUT2D eigenvalue weighted by Gasteiger charge is -2.14. The van der Waals surface area contributed by atoms with Crippen LogP contribution in [0.1, 0.15) is 11.1 Å². The quantitative estimate of drug-likeness (QED) is 0.310. The number of hydrogen-bond donors (Lipinski definition) is 4. The number of aromatic amines is 1. The predicted molar refractivity (Wildman–Crippen MR) is 123 cm³/mol. The lowest BCUT2D eigenvalue weighted by molar-refractivity contribution is 0.172. The van der Waals surface area contributed by atoms with E-state index in [1.807, 2.05) is 48.5 Å². The Labute approximate surface area is 181 Å². The van der Waals surface area contributed by atoms with Crippen molar-refractivity contribution in [2.75, 3.05) is 27.3 Å². The highest BCUT2D eigenvalue weighted by Gasteiger charge is 2.14. The molecule has 0 spiro atoms. The number of H-pyrrole nitrogens is 1. The highest BCUT2D eigenvalue weighted by Crippen LogP contribution is 2.34. The van der Waals surface area contributed by atoms with Crippen LogP contribution in [0.5, 0.6) is 17.2 Å². The molecule has 0 fully saturated rings. The second kappa shape index (κ2) is 9.29. The van der Waals surface area contributed by atoms with Crippen molar-refractivity contribution in [1.29, 1.82) is 0 Å². The monoisotopic (exact) mass is 420 g/mol. The summed E-state index contributed by atoms with van der Waals surface area (Å²) < 4.78 is 10.6. The van der Waals surface area contributed by atoms with Gasteiger partial charge in [0.25, 0.3) is 0 Å². The Morgan fingerprint density at radius 2 is 1.81 bits per heavy atom. The van der Waals surface area contributed by atoms with Gasteiger partial charge in [0, 0.05) is 29.3 Å². The largest absolute Gasteiger partial charge is 0.507 e. The molecular formula is C25H28N2O4. The van der Waals surface area contributed by atoms with Crippen molar-refractivity contribution in [3.8, 4) is 17.2 Å². The third-order valence-corrected chi connectivity index (χ3v) is 5.60. The molecule has 3 aromatic carbocycles. The van der Waals surface area contributed by atoms with Crippen molar-refractivity contribution in [3.05, 3.63) is 65.7 Å². The molecule has 4 aromatic rings. The normalized spacial score (nSPS) is 12.4. The minimum Gasteiger partial charge on any atom is -0.507 e. The van der Waals surface area contributed by atoms with Crippen LogP contribution in [0.25, 0.3) is 21.8 Å². The molecule has 6 heteroatoms. The summed E-state index contributed by atoms with van der Waals surface area (Å²) in [6.07, 6.45) is 0.774. The number of aliphatic hydroxyl groups excluding tert-OH is 1. The number of fused-ring (bicyclic) bond motifs is 3. The van der Waals surface area contributed by atoms with Crippen molar-refractivity contribution in [2.45, 2.75) is 18.9 Å². The lowest BCUT2D eigenvalue weighted by atomic mass is 10.0. The first-order chi connectivity index (χ1) is 15.1. The van der Waals surface area contributed by atoms with Gasteiger partial charge in [-0.05, 0) is 48.4 Å². The molecule has 1 heterocycles. The van der Waals surface area contributed by atoms with Gasteiger partial charge in [-0.1, -0.05) is 30.3 Å².